The van der Waals surface area contributed by atoms with Gasteiger partial charge >= 0.3 is 6.03 Å². The van der Waals surface area contributed by atoms with Crippen LogP contribution in [-0.2, 0) is 19.3 Å². The Morgan fingerprint density at radius 3 is 2.53 bits per heavy atom. The van der Waals surface area contributed by atoms with Crippen LogP contribution in [0.15, 0.2) is 30.3 Å². The van der Waals surface area contributed by atoms with Gasteiger partial charge < -0.3 is 20.3 Å². The molecule has 0 unspecified atom stereocenters. The number of rotatable bonds is 8. The molecule has 1 saturated heterocycles. The highest BCUT2D eigenvalue weighted by atomic mass is 32.2. The number of amides is 2. The van der Waals surface area contributed by atoms with Crippen LogP contribution in [0.3, 0.4) is 0 Å². The largest absolute Gasteiger partial charge is 0.377 e. The van der Waals surface area contributed by atoms with Crippen molar-refractivity contribution in [2.45, 2.75) is 62.5 Å². The number of benzene rings is 1. The number of nitrogens with one attached hydrogen (secondary N) is 2. The van der Waals surface area contributed by atoms with Crippen LogP contribution >= 0.6 is 0 Å². The second-order valence-electron chi connectivity index (χ2n) is 10.6. The third kappa shape index (κ3) is 4.93. The summed E-state index contributed by atoms with van der Waals surface area (Å²) in [6.45, 7) is 8.64. The molecule has 0 spiro atoms. The summed E-state index contributed by atoms with van der Waals surface area (Å²) in [4.78, 5) is 24.0. The highest BCUT2D eigenvalue weighted by Crippen LogP contribution is 2.57. The molecule has 36 heavy (non-hydrogen) atoms. The zero-order valence-corrected chi connectivity index (χ0v) is 22.0. The number of hydrogen-bond donors (Lipinski definition) is 2. The lowest BCUT2D eigenvalue weighted by Gasteiger charge is -2.34. The molecule has 194 valence electrons. The first kappa shape index (κ1) is 25.0. The Morgan fingerprint density at radius 2 is 1.92 bits per heavy atom. The Morgan fingerprint density at radius 1 is 1.19 bits per heavy atom. The SMILES string of the molecule is CC(C)CNC(=O)Nc1ccc(-c2nc(N3CCOC[C@@H]3C)cc(C3(S(=O)(=O)C4CC4)CC3)n2)cc1. The number of carbonyl (C=O) groups excluding carboxylic acids is 1. The van der Waals surface area contributed by atoms with Crippen LogP contribution in [0.25, 0.3) is 11.4 Å². The van der Waals surface area contributed by atoms with Crippen LogP contribution < -0.4 is 15.5 Å². The van der Waals surface area contributed by atoms with E-state index >= 15 is 0 Å². The molecule has 1 aliphatic heterocycles. The minimum atomic E-state index is -3.29. The van der Waals surface area contributed by atoms with Crippen molar-refractivity contribution < 1.29 is 17.9 Å². The van der Waals surface area contributed by atoms with Gasteiger partial charge in [-0.05, 0) is 62.8 Å². The van der Waals surface area contributed by atoms with Crippen LogP contribution in [0, 0.1) is 5.92 Å². The number of urea groups is 1. The molecule has 2 N–H and O–H groups in total. The van der Waals surface area contributed by atoms with Gasteiger partial charge in [0, 0.05) is 30.4 Å². The van der Waals surface area contributed by atoms with Crippen molar-refractivity contribution in [2.75, 3.05) is 36.5 Å². The van der Waals surface area contributed by atoms with E-state index < -0.39 is 14.6 Å². The molecule has 0 bridgehead atoms. The lowest BCUT2D eigenvalue weighted by atomic mass is 10.1. The summed E-state index contributed by atoms with van der Waals surface area (Å²) in [7, 11) is -3.29. The maximum atomic E-state index is 13.4. The van der Waals surface area contributed by atoms with Crippen molar-refractivity contribution in [3.05, 3.63) is 36.0 Å². The van der Waals surface area contributed by atoms with E-state index in [-0.39, 0.29) is 17.3 Å². The highest BCUT2D eigenvalue weighted by molar-refractivity contribution is 7.93. The van der Waals surface area contributed by atoms with Crippen molar-refractivity contribution in [2.24, 2.45) is 5.92 Å². The Hall–Kier alpha value is -2.72. The fourth-order valence-corrected chi connectivity index (χ4v) is 7.15. The predicted octanol–water partition coefficient (Wildman–Crippen LogP) is 3.71. The zero-order valence-electron chi connectivity index (χ0n) is 21.2. The van der Waals surface area contributed by atoms with Gasteiger partial charge in [0.1, 0.15) is 10.6 Å². The summed E-state index contributed by atoms with van der Waals surface area (Å²) in [5, 5.41) is 5.43. The molecule has 2 heterocycles. The number of anilines is 2. The third-order valence-corrected chi connectivity index (χ3v) is 10.2. The number of ether oxygens (including phenoxy) is 1. The van der Waals surface area contributed by atoms with Gasteiger partial charge in [0.25, 0.3) is 0 Å². The normalized spacial score (nSPS) is 21.3. The van der Waals surface area contributed by atoms with Crippen molar-refractivity contribution in [3.63, 3.8) is 0 Å². The van der Waals surface area contributed by atoms with Crippen LogP contribution in [0.5, 0.6) is 0 Å². The molecule has 3 aliphatic rings. The maximum absolute atomic E-state index is 13.4. The first-order valence-electron chi connectivity index (χ1n) is 12.8. The summed E-state index contributed by atoms with van der Waals surface area (Å²) >= 11 is 0. The van der Waals surface area contributed by atoms with Crippen LogP contribution in [0.1, 0.15) is 52.1 Å². The maximum Gasteiger partial charge on any atom is 0.319 e. The molecule has 0 radical (unpaired) electrons. The van der Waals surface area contributed by atoms with E-state index in [9.17, 15) is 13.2 Å². The van der Waals surface area contributed by atoms with Gasteiger partial charge in [-0.2, -0.15) is 0 Å². The Kier molecular flexibility index (Phi) is 6.67. The number of carbonyl (C=O) groups is 1. The predicted molar refractivity (Wildman–Crippen MR) is 140 cm³/mol. The minimum absolute atomic E-state index is 0.125. The van der Waals surface area contributed by atoms with E-state index in [1.54, 1.807) is 0 Å². The van der Waals surface area contributed by atoms with E-state index in [1.807, 2.05) is 44.2 Å². The van der Waals surface area contributed by atoms with Crippen molar-refractivity contribution >= 4 is 27.4 Å². The second-order valence-corrected chi connectivity index (χ2v) is 13.1. The Bertz CT molecular complexity index is 1220. The van der Waals surface area contributed by atoms with Gasteiger partial charge in [-0.1, -0.05) is 13.8 Å². The summed E-state index contributed by atoms with van der Waals surface area (Å²) < 4.78 is 31.5. The van der Waals surface area contributed by atoms with Crippen molar-refractivity contribution in [3.8, 4) is 11.4 Å². The van der Waals surface area contributed by atoms with Gasteiger partial charge in [-0.3, -0.25) is 0 Å². The molecule has 9 nitrogen and oxygen atoms in total. The van der Waals surface area contributed by atoms with Gasteiger partial charge in [0.05, 0.1) is 30.2 Å². The first-order chi connectivity index (χ1) is 17.2. The monoisotopic (exact) mass is 513 g/mol. The summed E-state index contributed by atoms with van der Waals surface area (Å²) in [6, 6.07) is 9.10. The molecule has 3 fully saturated rings. The fraction of sp³-hybridized carbons (Fsp3) is 0.577. The lowest BCUT2D eigenvalue weighted by Crippen LogP contribution is -2.44. The van der Waals surface area contributed by atoms with Gasteiger partial charge in [-0.15, -0.1) is 0 Å². The molecular weight excluding hydrogens is 478 g/mol. The molecule has 5 rings (SSSR count). The minimum Gasteiger partial charge on any atom is -0.377 e. The Labute approximate surface area is 213 Å². The number of morpholine rings is 1. The first-order valence-corrected chi connectivity index (χ1v) is 14.4. The molecular formula is C26H35N5O4S. The molecule has 1 aromatic heterocycles. The van der Waals surface area contributed by atoms with E-state index in [0.717, 1.165) is 24.2 Å². The van der Waals surface area contributed by atoms with E-state index in [4.69, 9.17) is 14.7 Å². The number of aromatic nitrogens is 2. The fourth-order valence-electron chi connectivity index (χ4n) is 4.68. The summed E-state index contributed by atoms with van der Waals surface area (Å²) in [5.41, 5.74) is 2.03. The van der Waals surface area contributed by atoms with Crippen molar-refractivity contribution in [1.29, 1.82) is 0 Å². The molecule has 2 saturated carbocycles. The second kappa shape index (κ2) is 9.63. The smallest absolute Gasteiger partial charge is 0.319 e. The Balaban J connectivity index is 1.46. The average Bonchev–Trinajstić information content (AvgIpc) is 3.76. The van der Waals surface area contributed by atoms with Gasteiger partial charge in [0.15, 0.2) is 15.7 Å². The van der Waals surface area contributed by atoms with E-state index in [2.05, 4.69) is 22.5 Å². The average molecular weight is 514 g/mol. The zero-order chi connectivity index (χ0) is 25.5. The molecule has 1 aromatic carbocycles. The molecule has 10 heteroatoms. The molecule has 2 aromatic rings. The quantitative estimate of drug-likeness (QED) is 0.553. The van der Waals surface area contributed by atoms with Crippen molar-refractivity contribution in [1.82, 2.24) is 15.3 Å². The number of nitrogens with zero attached hydrogens (tertiary/aromatic N) is 3. The third-order valence-electron chi connectivity index (χ3n) is 7.13. The van der Waals surface area contributed by atoms with Crippen LogP contribution in [0.4, 0.5) is 16.3 Å². The molecule has 1 atom stereocenters. The van der Waals surface area contributed by atoms with Gasteiger partial charge in [-0.25, -0.2) is 23.2 Å². The topological polar surface area (TPSA) is 114 Å². The van der Waals surface area contributed by atoms with E-state index in [0.29, 0.717) is 62.3 Å². The summed E-state index contributed by atoms with van der Waals surface area (Å²) in [5.74, 6) is 1.59. The molecule has 2 aliphatic carbocycles. The summed E-state index contributed by atoms with van der Waals surface area (Å²) in [6.07, 6.45) is 2.70. The van der Waals surface area contributed by atoms with Crippen LogP contribution in [0.2, 0.25) is 0 Å². The van der Waals surface area contributed by atoms with Crippen LogP contribution in [-0.4, -0.2) is 62.0 Å². The number of sulfone groups is 1. The molecule has 2 amide bonds. The highest BCUT2D eigenvalue weighted by Gasteiger charge is 2.61. The van der Waals surface area contributed by atoms with Gasteiger partial charge in [0.2, 0.25) is 0 Å². The van der Waals surface area contributed by atoms with E-state index in [1.165, 1.54) is 0 Å². The standard InChI is InChI=1S/C26H35N5O4S/c1-17(2)15-27-25(32)28-20-6-4-19(5-7-20)24-29-22(26(10-11-26)36(33,34)21-8-9-21)14-23(30-24)31-12-13-35-16-18(31)3/h4-7,14,17-18,21H,8-13,15-16H2,1-3H3,(H2,27,28,32)/t18-/m0/s1. The number of hydrogen-bond acceptors (Lipinski definition) is 7. The lowest BCUT2D eigenvalue weighted by molar-refractivity contribution is 0.0985.